The van der Waals surface area contributed by atoms with Gasteiger partial charge < -0.3 is 19.7 Å². The lowest BCUT2D eigenvalue weighted by molar-refractivity contribution is -0.658. The predicted molar refractivity (Wildman–Crippen MR) is 144 cm³/mol. The average Bonchev–Trinajstić information content (AvgIpc) is 2.98. The van der Waals surface area contributed by atoms with Gasteiger partial charge in [-0.15, -0.1) is 4.98 Å². The third kappa shape index (κ3) is 6.46. The Morgan fingerprint density at radius 1 is 1.25 bits per heavy atom. The van der Waals surface area contributed by atoms with E-state index in [1.807, 2.05) is 24.3 Å². The number of aryl methyl sites for hydroxylation is 1. The van der Waals surface area contributed by atoms with E-state index in [2.05, 4.69) is 49.6 Å². The van der Waals surface area contributed by atoms with Gasteiger partial charge in [-0.1, -0.05) is 23.7 Å². The molecule has 3 heterocycles. The monoisotopic (exact) mass is 535 g/mol. The van der Waals surface area contributed by atoms with E-state index in [1.54, 1.807) is 48.3 Å². The smallest absolute Gasteiger partial charge is 0.433 e. The molecule has 5 rings (SSSR count). The molecule has 0 amide bonds. The quantitative estimate of drug-likeness (QED) is 0.244. The minimum Gasteiger partial charge on any atom is -0.476 e. The molecule has 0 bridgehead atoms. The molecule has 2 N–H and O–H groups in total. The van der Waals surface area contributed by atoms with Crippen LogP contribution in [0.15, 0.2) is 66.0 Å². The summed E-state index contributed by atoms with van der Waals surface area (Å²) in [5, 5.41) is 16.0. The fourth-order valence-electron chi connectivity index (χ4n) is 4.40. The zero-order valence-corrected chi connectivity index (χ0v) is 22.3. The van der Waals surface area contributed by atoms with Crippen LogP contribution in [0.4, 0.5) is 11.6 Å². The Balaban J connectivity index is 1.27. The molecule has 1 aliphatic rings. The van der Waals surface area contributed by atoms with Crippen molar-refractivity contribution in [1.82, 2.24) is 14.9 Å². The van der Waals surface area contributed by atoms with Crippen molar-refractivity contribution in [3.8, 4) is 34.8 Å². The summed E-state index contributed by atoms with van der Waals surface area (Å²) >= 11 is 0. The van der Waals surface area contributed by atoms with Crippen LogP contribution in [0.25, 0.3) is 11.4 Å². The molecule has 0 unspecified atom stereocenters. The van der Waals surface area contributed by atoms with Crippen LogP contribution in [-0.2, 0) is 13.6 Å². The lowest BCUT2D eigenvalue weighted by Gasteiger charge is -2.28. The van der Waals surface area contributed by atoms with Crippen molar-refractivity contribution in [2.45, 2.75) is 25.5 Å². The molecule has 0 aliphatic carbocycles. The molecular formula is C29H29N9O2+2. The minimum atomic E-state index is 0.165. The van der Waals surface area contributed by atoms with Crippen molar-refractivity contribution in [1.29, 1.82) is 10.8 Å². The number of benzene rings is 2. The summed E-state index contributed by atoms with van der Waals surface area (Å²) in [5.74, 6) is 2.62. The summed E-state index contributed by atoms with van der Waals surface area (Å²) in [7, 11) is 3.88. The number of ether oxygens (including phenoxy) is 2. The highest BCUT2D eigenvalue weighted by atomic mass is 16.5. The summed E-state index contributed by atoms with van der Waals surface area (Å²) < 4.78 is 13.5. The maximum absolute atomic E-state index is 9.15. The predicted octanol–water partition coefficient (Wildman–Crippen LogP) is 3.78. The van der Waals surface area contributed by atoms with E-state index in [9.17, 15) is 0 Å². The third-order valence-electron chi connectivity index (χ3n) is 6.54. The first-order valence-corrected chi connectivity index (χ1v) is 12.9. The number of nitriles is 1. The van der Waals surface area contributed by atoms with Crippen LogP contribution >= 0.6 is 0 Å². The first kappa shape index (κ1) is 26.5. The second kappa shape index (κ2) is 12.2. The Morgan fingerprint density at radius 2 is 2.08 bits per heavy atom. The van der Waals surface area contributed by atoms with E-state index in [0.29, 0.717) is 46.9 Å². The molecule has 11 nitrogen and oxygen atoms in total. The van der Waals surface area contributed by atoms with Gasteiger partial charge >= 0.3 is 11.6 Å². The Morgan fingerprint density at radius 3 is 2.83 bits per heavy atom. The average molecular weight is 536 g/mol. The van der Waals surface area contributed by atoms with Gasteiger partial charge in [-0.05, 0) is 60.8 Å². The van der Waals surface area contributed by atoms with Gasteiger partial charge in [0, 0.05) is 19.6 Å². The van der Waals surface area contributed by atoms with E-state index in [1.165, 1.54) is 0 Å². The van der Waals surface area contributed by atoms with E-state index in [4.69, 9.17) is 20.3 Å². The SMILES string of the molecule is CN1CCC(Oc2c#[n+]c(-c3cccc(CNc4nc(Oc5cccc(C#N)c5)c[n+](C)c4N=N)c3)nc2)CC1. The zero-order valence-electron chi connectivity index (χ0n) is 22.3. The van der Waals surface area contributed by atoms with Crippen LogP contribution in [0.3, 0.4) is 0 Å². The Kier molecular flexibility index (Phi) is 8.05. The molecule has 4 aromatic rings. The number of nitrogens with one attached hydrogen (secondary N) is 2. The first-order valence-electron chi connectivity index (χ1n) is 12.9. The lowest BCUT2D eigenvalue weighted by Crippen LogP contribution is -2.35. The Hall–Kier alpha value is -5.13. The van der Waals surface area contributed by atoms with E-state index in [0.717, 1.165) is 37.1 Å². The molecule has 200 valence electrons. The maximum atomic E-state index is 9.15. The Labute approximate surface area is 232 Å². The lowest BCUT2D eigenvalue weighted by atomic mass is 10.1. The second-order valence-corrected chi connectivity index (χ2v) is 9.56. The summed E-state index contributed by atoms with van der Waals surface area (Å²) in [5.41, 5.74) is 9.91. The van der Waals surface area contributed by atoms with Gasteiger partial charge in [0.2, 0.25) is 12.0 Å². The van der Waals surface area contributed by atoms with Crippen LogP contribution < -0.4 is 24.3 Å². The van der Waals surface area contributed by atoms with Gasteiger partial charge in [-0.25, -0.2) is 4.57 Å². The molecule has 0 saturated carbocycles. The maximum Gasteiger partial charge on any atom is 0.433 e. The number of hydrogen-bond acceptors (Lipinski definition) is 9. The van der Waals surface area contributed by atoms with Crippen LogP contribution in [0.5, 0.6) is 17.4 Å². The number of likely N-dealkylation sites (tertiary alicyclic amines) is 1. The van der Waals surface area contributed by atoms with Crippen molar-refractivity contribution >= 4 is 11.6 Å². The highest BCUT2D eigenvalue weighted by Gasteiger charge is 2.21. The second-order valence-electron chi connectivity index (χ2n) is 9.56. The van der Waals surface area contributed by atoms with Crippen molar-refractivity contribution in [3.63, 3.8) is 0 Å². The van der Waals surface area contributed by atoms with Crippen molar-refractivity contribution in [2.75, 3.05) is 25.5 Å². The van der Waals surface area contributed by atoms with Gasteiger partial charge in [0.1, 0.15) is 11.9 Å². The van der Waals surface area contributed by atoms with Crippen molar-refractivity contribution in [2.24, 2.45) is 12.2 Å². The van der Waals surface area contributed by atoms with Gasteiger partial charge in [0.15, 0.2) is 12.4 Å². The number of piperidine rings is 1. The molecule has 40 heavy (non-hydrogen) atoms. The summed E-state index contributed by atoms with van der Waals surface area (Å²) in [4.78, 5) is 15.7. The van der Waals surface area contributed by atoms with Crippen LogP contribution in [-0.4, -0.2) is 41.1 Å². The normalized spacial score (nSPS) is 13.6. The first-order chi connectivity index (χ1) is 19.5. The molecule has 1 fully saturated rings. The zero-order chi connectivity index (χ0) is 27.9. The molecule has 11 heteroatoms. The topological polar surface area (TPSA) is 137 Å². The highest BCUT2D eigenvalue weighted by molar-refractivity contribution is 5.55. The van der Waals surface area contributed by atoms with E-state index in [-0.39, 0.29) is 6.10 Å². The molecule has 1 aliphatic heterocycles. The molecule has 0 radical (unpaired) electrons. The van der Waals surface area contributed by atoms with Crippen LogP contribution in [0.2, 0.25) is 0 Å². The fraction of sp³-hybridized carbons (Fsp3) is 0.276. The molecule has 1 saturated heterocycles. The fourth-order valence-corrected chi connectivity index (χ4v) is 4.40. The Bertz CT molecular complexity index is 1530. The number of nitrogens with zero attached hydrogens (tertiary/aromatic N) is 7. The number of aromatic nitrogens is 4. The summed E-state index contributed by atoms with van der Waals surface area (Å²) in [6, 6.07) is 16.8. The minimum absolute atomic E-state index is 0.165. The van der Waals surface area contributed by atoms with E-state index < -0.39 is 0 Å². The molecule has 0 spiro atoms. The van der Waals surface area contributed by atoms with Gasteiger partial charge in [-0.2, -0.15) is 10.2 Å². The van der Waals surface area contributed by atoms with Gasteiger partial charge in [-0.3, -0.25) is 0 Å². The number of hydrogen-bond donors (Lipinski definition) is 2. The van der Waals surface area contributed by atoms with E-state index >= 15 is 0 Å². The van der Waals surface area contributed by atoms with Crippen molar-refractivity contribution in [3.05, 3.63) is 78.2 Å². The molecule has 2 aromatic heterocycles. The largest absolute Gasteiger partial charge is 0.476 e. The summed E-state index contributed by atoms with van der Waals surface area (Å²) in [6.07, 6.45) is 8.41. The number of anilines is 1. The molecule has 2 aromatic carbocycles. The van der Waals surface area contributed by atoms with Gasteiger partial charge in [0.25, 0.3) is 11.6 Å². The molecular weight excluding hydrogens is 506 g/mol. The van der Waals surface area contributed by atoms with Crippen LogP contribution in [0, 0.1) is 23.1 Å². The third-order valence-corrected chi connectivity index (χ3v) is 6.54. The van der Waals surface area contributed by atoms with Crippen molar-refractivity contribution < 1.29 is 19.0 Å². The van der Waals surface area contributed by atoms with Gasteiger partial charge in [0.05, 0.1) is 29.4 Å². The highest BCUT2D eigenvalue weighted by Crippen LogP contribution is 2.26. The molecule has 0 atom stereocenters. The standard InChI is InChI=1S/C29H29N9O2/c1-37-11-9-23(10-12-37)39-25-17-33-27(34-18-25)22-7-3-6-21(13-22)16-32-28-29(36-31)38(2)19-26(35-28)40-24-8-4-5-20(14-24)15-30/h3-8,13-14,17,19,23,31H,9-12,16H2,1-2H3,(H,32,35)/q+2. The summed E-state index contributed by atoms with van der Waals surface area (Å²) in [6.45, 7) is 2.45. The van der Waals surface area contributed by atoms with Crippen LogP contribution in [0.1, 0.15) is 24.0 Å². The number of rotatable bonds is 9.